The number of anilines is 3. The number of carbonyl (C=O) groups is 1. The number of aromatic nitrogens is 3. The van der Waals surface area contributed by atoms with E-state index in [1.54, 1.807) is 19.2 Å². The molecule has 3 aromatic rings. The van der Waals surface area contributed by atoms with Gasteiger partial charge in [-0.25, -0.2) is 4.98 Å². The lowest BCUT2D eigenvalue weighted by Gasteiger charge is -2.32. The van der Waals surface area contributed by atoms with Crippen LogP contribution in [0.2, 0.25) is 5.02 Å². The lowest BCUT2D eigenvalue weighted by atomic mass is 10.2. The molecule has 2 aromatic heterocycles. The van der Waals surface area contributed by atoms with Gasteiger partial charge in [-0.1, -0.05) is 11.6 Å². The first-order valence-corrected chi connectivity index (χ1v) is 11.1. The third kappa shape index (κ3) is 5.06. The van der Waals surface area contributed by atoms with Gasteiger partial charge in [0.15, 0.2) is 18.2 Å². The Hall–Kier alpha value is -3.41. The van der Waals surface area contributed by atoms with E-state index in [0.29, 0.717) is 47.6 Å². The maximum absolute atomic E-state index is 12.6. The molecule has 0 spiro atoms. The number of fused-ring (bicyclic) bond motifs is 1. The molecule has 180 valence electrons. The Morgan fingerprint density at radius 3 is 2.97 bits per heavy atom. The first kappa shape index (κ1) is 23.7. The number of likely N-dealkylation sites (N-methyl/N-ethyl adjacent to an activating group) is 1. The summed E-state index contributed by atoms with van der Waals surface area (Å²) in [5.41, 5.74) is 1.06. The zero-order valence-corrected chi connectivity index (χ0v) is 19.6. The zero-order valence-electron chi connectivity index (χ0n) is 18.8. The molecule has 1 aromatic carbocycles. The van der Waals surface area contributed by atoms with Crippen molar-refractivity contribution in [3.63, 3.8) is 0 Å². The van der Waals surface area contributed by atoms with Crippen molar-refractivity contribution < 1.29 is 14.6 Å². The van der Waals surface area contributed by atoms with Gasteiger partial charge in [0.05, 0.1) is 18.3 Å². The number of piperazine rings is 1. The van der Waals surface area contributed by atoms with E-state index >= 15 is 0 Å². The van der Waals surface area contributed by atoms with Crippen molar-refractivity contribution in [2.75, 3.05) is 50.1 Å². The second-order valence-corrected chi connectivity index (χ2v) is 8.29. The second kappa shape index (κ2) is 10.2. The summed E-state index contributed by atoms with van der Waals surface area (Å²) in [6, 6.07) is 7.02. The number of carbonyl (C=O) groups excluding carboxylic acids is 1. The van der Waals surface area contributed by atoms with E-state index in [1.165, 1.54) is 17.8 Å². The molecule has 3 heterocycles. The minimum Gasteiger partial charge on any atom is -0.478 e. The van der Waals surface area contributed by atoms with Gasteiger partial charge < -0.3 is 35.3 Å². The number of pyridine rings is 1. The SMILES string of the molecule is CNC(=O)COc1cc2cc(Nc3nc(N4CCN[C@@H](CO)C4)ncc3Cl)ccc2n(C)c1=O. The number of aliphatic hydroxyl groups excluding tert-OH is 1. The summed E-state index contributed by atoms with van der Waals surface area (Å²) in [7, 11) is 3.14. The fourth-order valence-electron chi connectivity index (χ4n) is 3.71. The van der Waals surface area contributed by atoms with Crippen molar-refractivity contribution in [1.29, 1.82) is 0 Å². The quantitative estimate of drug-likeness (QED) is 0.378. The van der Waals surface area contributed by atoms with Crippen LogP contribution in [0.25, 0.3) is 10.9 Å². The Labute approximate surface area is 200 Å². The van der Waals surface area contributed by atoms with E-state index in [-0.39, 0.29) is 36.5 Å². The van der Waals surface area contributed by atoms with E-state index in [1.807, 2.05) is 17.0 Å². The molecule has 1 aliphatic rings. The average Bonchev–Trinajstić information content (AvgIpc) is 2.86. The lowest BCUT2D eigenvalue weighted by Crippen LogP contribution is -2.52. The van der Waals surface area contributed by atoms with Gasteiger partial charge in [0, 0.05) is 50.8 Å². The Kier molecular flexibility index (Phi) is 7.15. The topological polar surface area (TPSA) is 134 Å². The number of benzene rings is 1. The number of amides is 1. The van der Waals surface area contributed by atoms with Crippen LogP contribution in [0.5, 0.6) is 5.75 Å². The van der Waals surface area contributed by atoms with Crippen molar-refractivity contribution in [2.24, 2.45) is 7.05 Å². The summed E-state index contributed by atoms with van der Waals surface area (Å²) in [5.74, 6) is 0.697. The van der Waals surface area contributed by atoms with Crippen LogP contribution in [-0.2, 0) is 11.8 Å². The molecule has 0 bridgehead atoms. The van der Waals surface area contributed by atoms with E-state index in [9.17, 15) is 14.7 Å². The van der Waals surface area contributed by atoms with Crippen molar-refractivity contribution in [2.45, 2.75) is 6.04 Å². The first-order valence-electron chi connectivity index (χ1n) is 10.8. The number of hydrogen-bond donors (Lipinski definition) is 4. The fraction of sp³-hybridized carbons (Fsp3) is 0.364. The summed E-state index contributed by atoms with van der Waals surface area (Å²) in [6.45, 7) is 1.79. The monoisotopic (exact) mass is 487 g/mol. The van der Waals surface area contributed by atoms with E-state index < -0.39 is 0 Å². The highest BCUT2D eigenvalue weighted by Crippen LogP contribution is 2.28. The average molecular weight is 488 g/mol. The Balaban J connectivity index is 1.61. The van der Waals surface area contributed by atoms with Gasteiger partial charge in [-0.15, -0.1) is 0 Å². The predicted octanol–water partition coefficient (Wildman–Crippen LogP) is 0.621. The molecule has 1 amide bonds. The van der Waals surface area contributed by atoms with Crippen molar-refractivity contribution in [3.8, 4) is 5.75 Å². The molecule has 0 saturated carbocycles. The highest BCUT2D eigenvalue weighted by Gasteiger charge is 2.21. The number of hydrogen-bond acceptors (Lipinski definition) is 9. The summed E-state index contributed by atoms with van der Waals surface area (Å²) in [5, 5.41) is 19.4. The number of rotatable bonds is 7. The molecular formula is C22H26ClN7O4. The Bertz CT molecular complexity index is 1270. The van der Waals surface area contributed by atoms with Gasteiger partial charge in [-0.2, -0.15) is 4.98 Å². The van der Waals surface area contributed by atoms with Crippen LogP contribution in [0, 0.1) is 0 Å². The molecule has 1 aliphatic heterocycles. The molecule has 1 atom stereocenters. The number of nitrogens with one attached hydrogen (secondary N) is 3. The molecule has 4 N–H and O–H groups in total. The van der Waals surface area contributed by atoms with E-state index in [0.717, 1.165) is 5.39 Å². The molecule has 1 saturated heterocycles. The molecule has 4 rings (SSSR count). The summed E-state index contributed by atoms with van der Waals surface area (Å²) >= 11 is 6.35. The molecule has 34 heavy (non-hydrogen) atoms. The Morgan fingerprint density at radius 1 is 1.38 bits per heavy atom. The Morgan fingerprint density at radius 2 is 2.21 bits per heavy atom. The minimum absolute atomic E-state index is 0.0314. The minimum atomic E-state index is -0.335. The number of ether oxygens (including phenoxy) is 1. The van der Waals surface area contributed by atoms with Crippen LogP contribution >= 0.6 is 11.6 Å². The zero-order chi connectivity index (χ0) is 24.2. The van der Waals surface area contributed by atoms with Crippen molar-refractivity contribution in [1.82, 2.24) is 25.2 Å². The molecule has 1 fully saturated rings. The van der Waals surface area contributed by atoms with Gasteiger partial charge in [0.1, 0.15) is 5.02 Å². The third-order valence-electron chi connectivity index (χ3n) is 5.58. The molecular weight excluding hydrogens is 462 g/mol. The summed E-state index contributed by atoms with van der Waals surface area (Å²) in [4.78, 5) is 35.0. The van der Waals surface area contributed by atoms with Gasteiger partial charge in [-0.05, 0) is 24.3 Å². The van der Waals surface area contributed by atoms with Crippen LogP contribution in [0.1, 0.15) is 0 Å². The largest absolute Gasteiger partial charge is 0.478 e. The van der Waals surface area contributed by atoms with Gasteiger partial charge >= 0.3 is 0 Å². The molecule has 11 nitrogen and oxygen atoms in total. The number of aliphatic hydroxyl groups is 1. The molecule has 0 aliphatic carbocycles. The van der Waals surface area contributed by atoms with Gasteiger partial charge in [0.2, 0.25) is 5.95 Å². The maximum Gasteiger partial charge on any atom is 0.293 e. The fourth-order valence-corrected chi connectivity index (χ4v) is 3.85. The standard InChI is InChI=1S/C22H26ClN7O4/c1-24-19(32)12-34-18-8-13-7-14(3-4-17(13)29(2)21(18)33)27-20-16(23)9-26-22(28-20)30-6-5-25-15(10-30)11-31/h3-4,7-9,15,25,31H,5-6,10-12H2,1-2H3,(H,24,32)(H,26,27,28)/t15-/m1/s1. The van der Waals surface area contributed by atoms with Crippen LogP contribution in [0.3, 0.4) is 0 Å². The normalized spacial score (nSPS) is 15.9. The molecule has 0 radical (unpaired) electrons. The van der Waals surface area contributed by atoms with Crippen molar-refractivity contribution >= 4 is 45.9 Å². The third-order valence-corrected chi connectivity index (χ3v) is 5.86. The molecule has 0 unspecified atom stereocenters. The smallest absolute Gasteiger partial charge is 0.293 e. The van der Waals surface area contributed by atoms with Crippen LogP contribution in [0.15, 0.2) is 35.3 Å². The van der Waals surface area contributed by atoms with Crippen LogP contribution in [-0.4, -0.2) is 71.5 Å². The van der Waals surface area contributed by atoms with Gasteiger partial charge in [-0.3, -0.25) is 9.59 Å². The predicted molar refractivity (Wildman–Crippen MR) is 130 cm³/mol. The van der Waals surface area contributed by atoms with Gasteiger partial charge in [0.25, 0.3) is 11.5 Å². The van der Waals surface area contributed by atoms with E-state index in [4.69, 9.17) is 16.3 Å². The first-order chi connectivity index (χ1) is 16.4. The number of nitrogens with zero attached hydrogens (tertiary/aromatic N) is 4. The summed E-state index contributed by atoms with van der Waals surface area (Å²) in [6.07, 6.45) is 1.54. The highest BCUT2D eigenvalue weighted by molar-refractivity contribution is 6.32. The maximum atomic E-state index is 12.6. The van der Waals surface area contributed by atoms with Crippen LogP contribution < -0.4 is 31.1 Å². The lowest BCUT2D eigenvalue weighted by molar-refractivity contribution is -0.122. The number of aryl methyl sites for hydroxylation is 1. The van der Waals surface area contributed by atoms with E-state index in [2.05, 4.69) is 25.9 Å². The second-order valence-electron chi connectivity index (χ2n) is 7.88. The number of halogens is 1. The van der Waals surface area contributed by atoms with Crippen molar-refractivity contribution in [3.05, 3.63) is 45.8 Å². The molecule has 12 heteroatoms. The van der Waals surface area contributed by atoms with Crippen LogP contribution in [0.4, 0.5) is 17.5 Å². The summed E-state index contributed by atoms with van der Waals surface area (Å²) < 4.78 is 6.89. The highest BCUT2D eigenvalue weighted by atomic mass is 35.5.